The maximum absolute atomic E-state index is 10.5. The summed E-state index contributed by atoms with van der Waals surface area (Å²) in [6.07, 6.45) is 3.91. The number of halogens is 1. The van der Waals surface area contributed by atoms with Crippen LogP contribution in [-0.2, 0) is 4.79 Å². The van der Waals surface area contributed by atoms with Crippen molar-refractivity contribution in [2.24, 2.45) is 5.92 Å². The molecule has 1 aromatic rings. The molecule has 1 unspecified atom stereocenters. The Morgan fingerprint density at radius 1 is 1.45 bits per heavy atom. The second kappa shape index (κ2) is 8.10. The number of nitrogens with zero attached hydrogens (tertiary/aromatic N) is 1. The molecule has 0 saturated heterocycles. The van der Waals surface area contributed by atoms with Crippen LogP contribution in [0.1, 0.15) is 32.8 Å². The molecule has 0 aliphatic carbocycles. The first-order valence-electron chi connectivity index (χ1n) is 6.93. The summed E-state index contributed by atoms with van der Waals surface area (Å²) in [4.78, 5) is 12.9. The van der Waals surface area contributed by atoms with Crippen molar-refractivity contribution in [3.63, 3.8) is 0 Å². The molecule has 3 nitrogen and oxygen atoms in total. The molecule has 0 bridgehead atoms. The Bertz CT molecular complexity index is 485. The van der Waals surface area contributed by atoms with Crippen LogP contribution in [0, 0.1) is 5.92 Å². The normalized spacial score (nSPS) is 12.6. The summed E-state index contributed by atoms with van der Waals surface area (Å²) in [5.74, 6) is -0.284. The highest BCUT2D eigenvalue weighted by Gasteiger charge is 2.09. The third-order valence-electron chi connectivity index (χ3n) is 3.37. The summed E-state index contributed by atoms with van der Waals surface area (Å²) in [5.41, 5.74) is 2.03. The van der Waals surface area contributed by atoms with Crippen molar-refractivity contribution in [2.45, 2.75) is 27.2 Å². The number of rotatable bonds is 7. The molecule has 0 aliphatic rings. The van der Waals surface area contributed by atoms with Gasteiger partial charge in [-0.05, 0) is 36.6 Å². The van der Waals surface area contributed by atoms with E-state index in [4.69, 9.17) is 5.11 Å². The zero-order chi connectivity index (χ0) is 15.1. The van der Waals surface area contributed by atoms with E-state index in [0.717, 1.165) is 41.3 Å². The van der Waals surface area contributed by atoms with Crippen LogP contribution in [0.4, 0.5) is 5.69 Å². The van der Waals surface area contributed by atoms with Crippen LogP contribution in [0.2, 0.25) is 0 Å². The average molecular weight is 340 g/mol. The van der Waals surface area contributed by atoms with Gasteiger partial charge in [0.25, 0.3) is 0 Å². The number of aliphatic carboxylic acids is 1. The number of carbonyl (C=O) groups is 1. The lowest BCUT2D eigenvalue weighted by Crippen LogP contribution is -2.27. The Morgan fingerprint density at radius 2 is 2.15 bits per heavy atom. The Balaban J connectivity index is 2.92. The predicted molar refractivity (Wildman–Crippen MR) is 88.2 cm³/mol. The van der Waals surface area contributed by atoms with E-state index in [2.05, 4.69) is 41.6 Å². The molecule has 0 aromatic heterocycles. The fourth-order valence-corrected chi connectivity index (χ4v) is 2.43. The van der Waals surface area contributed by atoms with Crippen molar-refractivity contribution >= 4 is 33.7 Å². The highest BCUT2D eigenvalue weighted by molar-refractivity contribution is 9.10. The number of hydrogen-bond donors (Lipinski definition) is 1. The van der Waals surface area contributed by atoms with Crippen molar-refractivity contribution in [2.75, 3.05) is 18.0 Å². The zero-order valence-electron chi connectivity index (χ0n) is 12.3. The fraction of sp³-hybridized carbons (Fsp3) is 0.438. The first kappa shape index (κ1) is 16.8. The summed E-state index contributed by atoms with van der Waals surface area (Å²) in [7, 11) is 0. The van der Waals surface area contributed by atoms with Gasteiger partial charge < -0.3 is 10.0 Å². The van der Waals surface area contributed by atoms with Gasteiger partial charge in [-0.25, -0.2) is 4.79 Å². The van der Waals surface area contributed by atoms with E-state index in [1.165, 1.54) is 0 Å². The van der Waals surface area contributed by atoms with Crippen molar-refractivity contribution in [1.82, 2.24) is 0 Å². The monoisotopic (exact) mass is 339 g/mol. The van der Waals surface area contributed by atoms with Crippen LogP contribution < -0.4 is 4.90 Å². The molecular weight excluding hydrogens is 318 g/mol. The van der Waals surface area contributed by atoms with Crippen molar-refractivity contribution in [3.05, 3.63) is 34.3 Å². The highest BCUT2D eigenvalue weighted by atomic mass is 79.9. The van der Waals surface area contributed by atoms with Gasteiger partial charge in [0, 0.05) is 29.3 Å². The Kier molecular flexibility index (Phi) is 6.79. The number of hydrogen-bond acceptors (Lipinski definition) is 2. The largest absolute Gasteiger partial charge is 0.478 e. The van der Waals surface area contributed by atoms with Crippen LogP contribution in [0.15, 0.2) is 28.7 Å². The number of benzene rings is 1. The lowest BCUT2D eigenvalue weighted by molar-refractivity contribution is -0.131. The molecular formula is C16H22BrNO2. The molecule has 4 heteroatoms. The lowest BCUT2D eigenvalue weighted by Gasteiger charge is -2.26. The van der Waals surface area contributed by atoms with Crippen molar-refractivity contribution in [3.8, 4) is 0 Å². The summed E-state index contributed by atoms with van der Waals surface area (Å²) in [6.45, 7) is 8.59. The molecule has 0 radical (unpaired) electrons. The third kappa shape index (κ3) is 5.00. The van der Waals surface area contributed by atoms with E-state index in [0.29, 0.717) is 5.92 Å². The average Bonchev–Trinajstić information content (AvgIpc) is 2.42. The van der Waals surface area contributed by atoms with Crippen LogP contribution in [0.5, 0.6) is 0 Å². The number of carboxylic acid groups (broad SMARTS) is 1. The second-order valence-corrected chi connectivity index (χ2v) is 5.78. The van der Waals surface area contributed by atoms with Gasteiger partial charge in [0.2, 0.25) is 0 Å². The number of anilines is 1. The molecule has 1 atom stereocenters. The zero-order valence-corrected chi connectivity index (χ0v) is 13.9. The minimum Gasteiger partial charge on any atom is -0.478 e. The molecule has 1 aromatic carbocycles. The summed E-state index contributed by atoms with van der Waals surface area (Å²) >= 11 is 3.51. The molecule has 0 fully saturated rings. The Morgan fingerprint density at radius 3 is 2.65 bits per heavy atom. The van der Waals surface area contributed by atoms with E-state index >= 15 is 0 Å². The topological polar surface area (TPSA) is 40.5 Å². The van der Waals surface area contributed by atoms with Gasteiger partial charge in [-0.15, -0.1) is 0 Å². The molecule has 110 valence electrons. The molecule has 1 rings (SSSR count). The van der Waals surface area contributed by atoms with E-state index in [9.17, 15) is 4.79 Å². The van der Waals surface area contributed by atoms with E-state index in [1.54, 1.807) is 6.08 Å². The molecule has 0 amide bonds. The maximum atomic E-state index is 10.5. The molecule has 1 N–H and O–H groups in total. The summed E-state index contributed by atoms with van der Waals surface area (Å²) in [6, 6.07) is 6.03. The fourth-order valence-electron chi connectivity index (χ4n) is 1.93. The first-order valence-corrected chi connectivity index (χ1v) is 7.72. The van der Waals surface area contributed by atoms with Gasteiger partial charge in [0.05, 0.1) is 0 Å². The van der Waals surface area contributed by atoms with Gasteiger partial charge in [-0.2, -0.15) is 0 Å². The van der Waals surface area contributed by atoms with E-state index in [1.807, 2.05) is 18.2 Å². The van der Waals surface area contributed by atoms with Crippen LogP contribution in [-0.4, -0.2) is 24.2 Å². The van der Waals surface area contributed by atoms with E-state index < -0.39 is 5.97 Å². The predicted octanol–water partition coefficient (Wildman–Crippen LogP) is 4.42. The standard InChI is InChI=1S/C16H22BrNO2/c1-4-12(3)11-18(5-2)14-8-6-13(15(17)10-14)7-9-16(19)20/h6-10,12H,4-5,11H2,1-3H3,(H,19,20)/b9-7+. The van der Waals surface area contributed by atoms with Gasteiger partial charge in [0.15, 0.2) is 0 Å². The van der Waals surface area contributed by atoms with Gasteiger partial charge >= 0.3 is 5.97 Å². The van der Waals surface area contributed by atoms with E-state index in [-0.39, 0.29) is 0 Å². The molecule has 0 spiro atoms. The summed E-state index contributed by atoms with van der Waals surface area (Å²) < 4.78 is 0.912. The van der Waals surface area contributed by atoms with Crippen molar-refractivity contribution in [1.29, 1.82) is 0 Å². The Hall–Kier alpha value is -1.29. The molecule has 0 heterocycles. The molecule has 20 heavy (non-hydrogen) atoms. The van der Waals surface area contributed by atoms with Crippen LogP contribution in [0.3, 0.4) is 0 Å². The molecule has 0 aliphatic heterocycles. The van der Waals surface area contributed by atoms with Gasteiger partial charge in [-0.1, -0.05) is 42.3 Å². The maximum Gasteiger partial charge on any atom is 0.328 e. The minimum absolute atomic E-state index is 0.653. The quantitative estimate of drug-likeness (QED) is 0.747. The van der Waals surface area contributed by atoms with Gasteiger partial charge in [0.1, 0.15) is 0 Å². The third-order valence-corrected chi connectivity index (χ3v) is 4.05. The Labute approximate surface area is 129 Å². The second-order valence-electron chi connectivity index (χ2n) is 4.93. The smallest absolute Gasteiger partial charge is 0.328 e. The van der Waals surface area contributed by atoms with Gasteiger partial charge in [-0.3, -0.25) is 0 Å². The number of carboxylic acids is 1. The van der Waals surface area contributed by atoms with Crippen LogP contribution in [0.25, 0.3) is 6.08 Å². The van der Waals surface area contributed by atoms with Crippen LogP contribution >= 0.6 is 15.9 Å². The molecule has 0 saturated carbocycles. The SMILES string of the molecule is CCC(C)CN(CC)c1ccc(/C=C/C(=O)O)c(Br)c1. The summed E-state index contributed by atoms with van der Waals surface area (Å²) in [5, 5.41) is 8.66. The highest BCUT2D eigenvalue weighted by Crippen LogP contribution is 2.26. The minimum atomic E-state index is -0.937. The first-order chi connectivity index (χ1) is 9.47. The van der Waals surface area contributed by atoms with Crippen molar-refractivity contribution < 1.29 is 9.90 Å². The lowest BCUT2D eigenvalue weighted by atomic mass is 10.1.